The van der Waals surface area contributed by atoms with E-state index in [1.807, 2.05) is 6.07 Å². The molecular formula is C22H17F2N7O. The van der Waals surface area contributed by atoms with Gasteiger partial charge >= 0.3 is 0 Å². The molecule has 8 nitrogen and oxygen atoms in total. The van der Waals surface area contributed by atoms with E-state index < -0.39 is 23.2 Å². The Morgan fingerprint density at radius 3 is 2.59 bits per heavy atom. The van der Waals surface area contributed by atoms with Gasteiger partial charge in [0.25, 0.3) is 5.56 Å². The second-order valence-electron chi connectivity index (χ2n) is 7.80. The highest BCUT2D eigenvalue weighted by molar-refractivity contribution is 5.80. The zero-order valence-electron chi connectivity index (χ0n) is 17.0. The van der Waals surface area contributed by atoms with Crippen molar-refractivity contribution in [2.45, 2.75) is 37.6 Å². The quantitative estimate of drug-likeness (QED) is 0.528. The fourth-order valence-corrected chi connectivity index (χ4v) is 4.14. The van der Waals surface area contributed by atoms with Gasteiger partial charge in [-0.1, -0.05) is 6.07 Å². The van der Waals surface area contributed by atoms with E-state index in [-0.39, 0.29) is 28.6 Å². The predicted molar refractivity (Wildman–Crippen MR) is 110 cm³/mol. The number of hydrogen-bond acceptors (Lipinski definition) is 6. The molecule has 1 aliphatic rings. The van der Waals surface area contributed by atoms with E-state index in [1.54, 1.807) is 25.4 Å². The Morgan fingerprint density at radius 1 is 1.19 bits per heavy atom. The van der Waals surface area contributed by atoms with Gasteiger partial charge in [0.15, 0.2) is 23.0 Å². The van der Waals surface area contributed by atoms with Crippen LogP contribution in [0.3, 0.4) is 0 Å². The van der Waals surface area contributed by atoms with Gasteiger partial charge in [-0.25, -0.2) is 28.4 Å². The molecular weight excluding hydrogens is 416 g/mol. The number of nitriles is 1. The SMILES string of the molecule is C[C@H](c1ccc(F)c(F)c1)n1nc(C#N)c2c(=O)[nH]c([C@@H]3CC[C@H]3c3ncccn3)nc21. The van der Waals surface area contributed by atoms with Crippen molar-refractivity contribution in [3.8, 4) is 6.07 Å². The summed E-state index contributed by atoms with van der Waals surface area (Å²) in [6.45, 7) is 1.72. The number of H-pyrrole nitrogens is 1. The molecule has 1 fully saturated rings. The molecule has 160 valence electrons. The van der Waals surface area contributed by atoms with Crippen molar-refractivity contribution in [3.63, 3.8) is 0 Å². The first kappa shape index (κ1) is 19.9. The van der Waals surface area contributed by atoms with Gasteiger partial charge in [0, 0.05) is 24.2 Å². The van der Waals surface area contributed by atoms with Crippen molar-refractivity contribution in [2.24, 2.45) is 0 Å². The van der Waals surface area contributed by atoms with E-state index >= 15 is 0 Å². The van der Waals surface area contributed by atoms with Crippen LogP contribution < -0.4 is 5.56 Å². The topological polar surface area (TPSA) is 113 Å². The Kier molecular flexibility index (Phi) is 4.74. The number of rotatable bonds is 4. The standard InChI is InChI=1S/C22H17F2N7O/c1-11(12-3-6-15(23)16(24)9-12)31-21-18(17(10-25)30-31)22(32)29-20(28-21)14-5-4-13(14)19-26-7-2-8-27-19/h2-3,6-9,11,13-14H,4-5H2,1H3,(H,28,29,32)/t11-,13-,14-/m1/s1. The van der Waals surface area contributed by atoms with E-state index in [4.69, 9.17) is 0 Å². The number of aromatic amines is 1. The van der Waals surface area contributed by atoms with Crippen molar-refractivity contribution >= 4 is 11.0 Å². The summed E-state index contributed by atoms with van der Waals surface area (Å²) < 4.78 is 28.6. The molecule has 1 aliphatic carbocycles. The van der Waals surface area contributed by atoms with Gasteiger partial charge in [-0.2, -0.15) is 10.4 Å². The van der Waals surface area contributed by atoms with Crippen molar-refractivity contribution in [2.75, 3.05) is 0 Å². The first-order valence-electron chi connectivity index (χ1n) is 10.1. The lowest BCUT2D eigenvalue weighted by atomic mass is 9.72. The minimum atomic E-state index is -0.988. The zero-order valence-corrected chi connectivity index (χ0v) is 17.0. The molecule has 0 aliphatic heterocycles. The normalized spacial score (nSPS) is 18.8. The Hall–Kier alpha value is -4.00. The maximum absolute atomic E-state index is 13.8. The van der Waals surface area contributed by atoms with Crippen molar-refractivity contribution in [1.29, 1.82) is 5.26 Å². The van der Waals surface area contributed by atoms with Crippen molar-refractivity contribution < 1.29 is 8.78 Å². The van der Waals surface area contributed by atoms with Crippen LogP contribution in [0.4, 0.5) is 8.78 Å². The van der Waals surface area contributed by atoms with E-state index in [0.717, 1.165) is 25.0 Å². The van der Waals surface area contributed by atoms with Crippen LogP contribution >= 0.6 is 0 Å². The first-order chi connectivity index (χ1) is 15.5. The third kappa shape index (κ3) is 3.13. The van der Waals surface area contributed by atoms with Crippen LogP contribution in [0.1, 0.15) is 60.5 Å². The molecule has 3 aromatic heterocycles. The average molecular weight is 433 g/mol. The van der Waals surface area contributed by atoms with Gasteiger partial charge in [0.2, 0.25) is 0 Å². The summed E-state index contributed by atoms with van der Waals surface area (Å²) in [6, 6.07) is 6.61. The minimum Gasteiger partial charge on any atom is -0.310 e. The number of aromatic nitrogens is 6. The number of halogens is 2. The molecule has 3 atom stereocenters. The Morgan fingerprint density at radius 2 is 1.94 bits per heavy atom. The maximum atomic E-state index is 13.8. The molecule has 1 aromatic carbocycles. The summed E-state index contributed by atoms with van der Waals surface area (Å²) in [5, 5.41) is 13.8. The second-order valence-corrected chi connectivity index (χ2v) is 7.80. The Bertz CT molecular complexity index is 1420. The average Bonchev–Trinajstić information content (AvgIpc) is 3.14. The fourth-order valence-electron chi connectivity index (χ4n) is 4.14. The van der Waals surface area contributed by atoms with E-state index in [2.05, 4.69) is 25.0 Å². The Labute approximate surface area is 180 Å². The summed E-state index contributed by atoms with van der Waals surface area (Å²) in [7, 11) is 0. The molecule has 10 heteroatoms. The predicted octanol–water partition coefficient (Wildman–Crippen LogP) is 3.33. The Balaban J connectivity index is 1.62. The molecule has 3 heterocycles. The fraction of sp³-hybridized carbons (Fsp3) is 0.273. The summed E-state index contributed by atoms with van der Waals surface area (Å²) in [4.78, 5) is 29.0. The molecule has 0 unspecified atom stereocenters. The highest BCUT2D eigenvalue weighted by Gasteiger charge is 2.37. The third-order valence-electron chi connectivity index (χ3n) is 6.02. The van der Waals surface area contributed by atoms with Crippen LogP contribution in [-0.4, -0.2) is 29.7 Å². The van der Waals surface area contributed by atoms with E-state index in [1.165, 1.54) is 10.7 Å². The zero-order chi connectivity index (χ0) is 22.4. The summed E-state index contributed by atoms with van der Waals surface area (Å²) in [5.74, 6) is -0.852. The van der Waals surface area contributed by atoms with Gasteiger partial charge in [0.05, 0.1) is 6.04 Å². The molecule has 4 aromatic rings. The van der Waals surface area contributed by atoms with Crippen LogP contribution in [0.2, 0.25) is 0 Å². The van der Waals surface area contributed by atoms with E-state index in [9.17, 15) is 18.8 Å². The van der Waals surface area contributed by atoms with Crippen LogP contribution in [0, 0.1) is 23.0 Å². The molecule has 1 N–H and O–H groups in total. The van der Waals surface area contributed by atoms with Gasteiger partial charge in [-0.05, 0) is 43.5 Å². The lowest BCUT2D eigenvalue weighted by molar-refractivity contribution is 0.319. The smallest absolute Gasteiger partial charge is 0.263 e. The molecule has 0 spiro atoms. The molecule has 32 heavy (non-hydrogen) atoms. The van der Waals surface area contributed by atoms with Gasteiger partial charge in [-0.3, -0.25) is 4.79 Å². The lowest BCUT2D eigenvalue weighted by Crippen LogP contribution is -2.28. The lowest BCUT2D eigenvalue weighted by Gasteiger charge is -2.34. The number of fused-ring (bicyclic) bond motifs is 1. The molecule has 5 rings (SSSR count). The largest absolute Gasteiger partial charge is 0.310 e. The van der Waals surface area contributed by atoms with Gasteiger partial charge in [-0.15, -0.1) is 0 Å². The van der Waals surface area contributed by atoms with Crippen LogP contribution in [0.5, 0.6) is 0 Å². The molecule has 0 saturated heterocycles. The van der Waals surface area contributed by atoms with E-state index in [0.29, 0.717) is 17.2 Å². The van der Waals surface area contributed by atoms with Crippen LogP contribution in [-0.2, 0) is 0 Å². The van der Waals surface area contributed by atoms with Crippen molar-refractivity contribution in [3.05, 3.63) is 81.6 Å². The molecule has 0 bridgehead atoms. The minimum absolute atomic E-state index is 0.0206. The second kappa shape index (κ2) is 7.60. The number of benzene rings is 1. The number of nitrogens with zero attached hydrogens (tertiary/aromatic N) is 6. The summed E-state index contributed by atoms with van der Waals surface area (Å²) >= 11 is 0. The van der Waals surface area contributed by atoms with Gasteiger partial charge < -0.3 is 4.98 Å². The molecule has 0 radical (unpaired) electrons. The van der Waals surface area contributed by atoms with Crippen molar-refractivity contribution in [1.82, 2.24) is 29.7 Å². The number of nitrogens with one attached hydrogen (secondary N) is 1. The van der Waals surface area contributed by atoms with Crippen LogP contribution in [0.25, 0.3) is 11.0 Å². The van der Waals surface area contributed by atoms with Crippen LogP contribution in [0.15, 0.2) is 41.5 Å². The maximum Gasteiger partial charge on any atom is 0.263 e. The highest BCUT2D eigenvalue weighted by atomic mass is 19.2. The number of hydrogen-bond donors (Lipinski definition) is 1. The molecule has 1 saturated carbocycles. The van der Waals surface area contributed by atoms with Gasteiger partial charge in [0.1, 0.15) is 23.1 Å². The summed E-state index contributed by atoms with van der Waals surface area (Å²) in [5.41, 5.74) is 0.106. The highest BCUT2D eigenvalue weighted by Crippen LogP contribution is 2.46. The summed E-state index contributed by atoms with van der Waals surface area (Å²) in [6.07, 6.45) is 5.02. The third-order valence-corrected chi connectivity index (χ3v) is 6.02. The molecule has 0 amide bonds. The monoisotopic (exact) mass is 433 g/mol. The first-order valence-corrected chi connectivity index (χ1v) is 10.1.